The maximum atomic E-state index is 12.4. The third-order valence-corrected chi connectivity index (χ3v) is 2.95. The highest BCUT2D eigenvalue weighted by molar-refractivity contribution is 5.93. The van der Waals surface area contributed by atoms with Gasteiger partial charge in [0.05, 0.1) is 0 Å². The van der Waals surface area contributed by atoms with E-state index in [0.29, 0.717) is 12.2 Å². The lowest BCUT2D eigenvalue weighted by Gasteiger charge is -2.18. The van der Waals surface area contributed by atoms with Crippen LogP contribution in [0.1, 0.15) is 36.8 Å². The molecule has 0 aliphatic carbocycles. The van der Waals surface area contributed by atoms with Crippen LogP contribution in [0.2, 0.25) is 0 Å². The van der Waals surface area contributed by atoms with E-state index in [0.717, 1.165) is 5.69 Å². The fraction of sp³-hybridized carbons (Fsp3) is 0.400. The van der Waals surface area contributed by atoms with Crippen molar-refractivity contribution < 1.29 is 4.79 Å². The maximum Gasteiger partial charge on any atom is 0.270 e. The minimum atomic E-state index is -0.380. The smallest absolute Gasteiger partial charge is 0.270 e. The second-order valence-electron chi connectivity index (χ2n) is 6.08. The minimum absolute atomic E-state index is 0.0357. The molecule has 2 aromatic heterocycles. The van der Waals surface area contributed by atoms with E-state index in [1.807, 2.05) is 39.8 Å². The SMILES string of the molecule is Cc1cccc2ncc(C(=O)NCC(C)(C)C)c(=O)n12. The molecule has 0 saturated carbocycles. The Bertz CT molecular complexity index is 711. The topological polar surface area (TPSA) is 63.5 Å². The Balaban J connectivity index is 2.41. The monoisotopic (exact) mass is 273 g/mol. The molecule has 2 aromatic rings. The van der Waals surface area contributed by atoms with Crippen molar-refractivity contribution in [2.24, 2.45) is 5.41 Å². The van der Waals surface area contributed by atoms with Crippen LogP contribution < -0.4 is 10.9 Å². The van der Waals surface area contributed by atoms with E-state index in [2.05, 4.69) is 10.3 Å². The predicted molar refractivity (Wildman–Crippen MR) is 78.0 cm³/mol. The van der Waals surface area contributed by atoms with Gasteiger partial charge in [0.2, 0.25) is 0 Å². The number of amides is 1. The van der Waals surface area contributed by atoms with Crippen molar-refractivity contribution in [2.75, 3.05) is 6.54 Å². The molecular weight excluding hydrogens is 254 g/mol. The lowest BCUT2D eigenvalue weighted by molar-refractivity contribution is 0.0937. The first kappa shape index (κ1) is 14.2. The second kappa shape index (κ2) is 5.07. The Kier molecular flexibility index (Phi) is 3.61. The van der Waals surface area contributed by atoms with Crippen LogP contribution in [0, 0.1) is 12.3 Å². The molecule has 5 heteroatoms. The summed E-state index contributed by atoms with van der Waals surface area (Å²) in [7, 11) is 0. The zero-order chi connectivity index (χ0) is 14.9. The van der Waals surface area contributed by atoms with Crippen LogP contribution in [0.15, 0.2) is 29.2 Å². The quantitative estimate of drug-likeness (QED) is 0.907. The van der Waals surface area contributed by atoms with E-state index in [-0.39, 0.29) is 22.4 Å². The third-order valence-electron chi connectivity index (χ3n) is 2.95. The Labute approximate surface area is 117 Å². The molecule has 1 N–H and O–H groups in total. The molecule has 0 aliphatic rings. The number of rotatable bonds is 2. The fourth-order valence-electron chi connectivity index (χ4n) is 1.87. The summed E-state index contributed by atoms with van der Waals surface area (Å²) in [6.45, 7) is 8.36. The van der Waals surface area contributed by atoms with Gasteiger partial charge in [-0.25, -0.2) is 4.98 Å². The summed E-state index contributed by atoms with van der Waals surface area (Å²) in [5, 5.41) is 2.77. The number of nitrogens with one attached hydrogen (secondary N) is 1. The maximum absolute atomic E-state index is 12.4. The number of carbonyl (C=O) groups excluding carboxylic acids is 1. The summed E-state index contributed by atoms with van der Waals surface area (Å²) >= 11 is 0. The first-order valence-electron chi connectivity index (χ1n) is 6.55. The van der Waals surface area contributed by atoms with Crippen molar-refractivity contribution in [3.63, 3.8) is 0 Å². The molecule has 0 fully saturated rings. The summed E-state index contributed by atoms with van der Waals surface area (Å²) in [5.74, 6) is -0.380. The molecule has 0 unspecified atom stereocenters. The summed E-state index contributed by atoms with van der Waals surface area (Å²) in [6.07, 6.45) is 1.34. The van der Waals surface area contributed by atoms with E-state index in [1.165, 1.54) is 10.6 Å². The van der Waals surface area contributed by atoms with Crippen LogP contribution in [-0.4, -0.2) is 21.8 Å². The molecule has 20 heavy (non-hydrogen) atoms. The van der Waals surface area contributed by atoms with Crippen molar-refractivity contribution >= 4 is 11.6 Å². The molecular formula is C15H19N3O2. The molecule has 0 aromatic carbocycles. The Morgan fingerprint density at radius 3 is 2.70 bits per heavy atom. The number of hydrogen-bond donors (Lipinski definition) is 1. The van der Waals surface area contributed by atoms with Gasteiger partial charge in [0.1, 0.15) is 11.2 Å². The van der Waals surface area contributed by atoms with Gasteiger partial charge in [-0.1, -0.05) is 26.8 Å². The number of nitrogens with zero attached hydrogens (tertiary/aromatic N) is 2. The zero-order valence-corrected chi connectivity index (χ0v) is 12.2. The number of fused-ring (bicyclic) bond motifs is 1. The van der Waals surface area contributed by atoms with Crippen molar-refractivity contribution in [2.45, 2.75) is 27.7 Å². The van der Waals surface area contributed by atoms with Gasteiger partial charge < -0.3 is 5.32 Å². The molecule has 2 rings (SSSR count). The van der Waals surface area contributed by atoms with Crippen LogP contribution in [0.25, 0.3) is 5.65 Å². The molecule has 2 heterocycles. The van der Waals surface area contributed by atoms with Gasteiger partial charge >= 0.3 is 0 Å². The lowest BCUT2D eigenvalue weighted by atomic mass is 9.97. The second-order valence-corrected chi connectivity index (χ2v) is 6.08. The van der Waals surface area contributed by atoms with Crippen molar-refractivity contribution in [3.05, 3.63) is 46.0 Å². The predicted octanol–water partition coefficient (Wildman–Crippen LogP) is 1.78. The van der Waals surface area contributed by atoms with E-state index in [1.54, 1.807) is 6.07 Å². The van der Waals surface area contributed by atoms with E-state index < -0.39 is 0 Å². The van der Waals surface area contributed by atoms with Crippen molar-refractivity contribution in [1.82, 2.24) is 14.7 Å². The van der Waals surface area contributed by atoms with Gasteiger partial charge in [-0.2, -0.15) is 0 Å². The first-order chi connectivity index (χ1) is 9.29. The van der Waals surface area contributed by atoms with Gasteiger partial charge in [0.25, 0.3) is 11.5 Å². The number of hydrogen-bond acceptors (Lipinski definition) is 3. The van der Waals surface area contributed by atoms with E-state index in [4.69, 9.17) is 0 Å². The average Bonchev–Trinajstić information content (AvgIpc) is 2.35. The number of pyridine rings is 1. The van der Waals surface area contributed by atoms with Crippen LogP contribution in [0.4, 0.5) is 0 Å². The average molecular weight is 273 g/mol. The van der Waals surface area contributed by atoms with Crippen LogP contribution in [0.3, 0.4) is 0 Å². The highest BCUT2D eigenvalue weighted by Crippen LogP contribution is 2.10. The van der Waals surface area contributed by atoms with Crippen molar-refractivity contribution in [1.29, 1.82) is 0 Å². The normalized spacial score (nSPS) is 11.6. The van der Waals surface area contributed by atoms with E-state index >= 15 is 0 Å². The largest absolute Gasteiger partial charge is 0.351 e. The Morgan fingerprint density at radius 1 is 1.35 bits per heavy atom. The van der Waals surface area contributed by atoms with Crippen LogP contribution in [-0.2, 0) is 0 Å². The molecule has 1 amide bonds. The van der Waals surface area contributed by atoms with Crippen molar-refractivity contribution in [3.8, 4) is 0 Å². The summed E-state index contributed by atoms with van der Waals surface area (Å²) in [6, 6.07) is 5.38. The fourth-order valence-corrected chi connectivity index (χ4v) is 1.87. The van der Waals surface area contributed by atoms with Gasteiger partial charge in [0.15, 0.2) is 0 Å². The number of carbonyl (C=O) groups is 1. The highest BCUT2D eigenvalue weighted by atomic mass is 16.2. The van der Waals surface area contributed by atoms with Gasteiger partial charge in [-0.15, -0.1) is 0 Å². The summed E-state index contributed by atoms with van der Waals surface area (Å²) in [5.41, 5.74) is 1.000. The third kappa shape index (κ3) is 2.87. The molecule has 0 bridgehead atoms. The Hall–Kier alpha value is -2.17. The molecule has 0 aliphatic heterocycles. The zero-order valence-electron chi connectivity index (χ0n) is 12.2. The molecule has 0 radical (unpaired) electrons. The standard InChI is InChI=1S/C15H19N3O2/c1-10-6-5-7-12-16-8-11(14(20)18(10)12)13(19)17-9-15(2,3)4/h5-8H,9H2,1-4H3,(H,17,19). The summed E-state index contributed by atoms with van der Waals surface area (Å²) in [4.78, 5) is 28.7. The Morgan fingerprint density at radius 2 is 2.05 bits per heavy atom. The highest BCUT2D eigenvalue weighted by Gasteiger charge is 2.17. The van der Waals surface area contributed by atoms with Gasteiger partial charge in [-0.3, -0.25) is 14.0 Å². The number of aryl methyl sites for hydroxylation is 1. The molecule has 0 spiro atoms. The van der Waals surface area contributed by atoms with Gasteiger partial charge in [0, 0.05) is 18.4 Å². The first-order valence-corrected chi connectivity index (χ1v) is 6.55. The van der Waals surface area contributed by atoms with Crippen LogP contribution >= 0.6 is 0 Å². The molecule has 0 saturated heterocycles. The summed E-state index contributed by atoms with van der Waals surface area (Å²) < 4.78 is 1.45. The van der Waals surface area contributed by atoms with E-state index in [9.17, 15) is 9.59 Å². The van der Waals surface area contributed by atoms with Crippen LogP contribution in [0.5, 0.6) is 0 Å². The minimum Gasteiger partial charge on any atom is -0.351 e. The number of aromatic nitrogens is 2. The molecule has 106 valence electrons. The lowest BCUT2D eigenvalue weighted by Crippen LogP contribution is -2.36. The van der Waals surface area contributed by atoms with Gasteiger partial charge in [-0.05, 0) is 24.5 Å². The molecule has 5 nitrogen and oxygen atoms in total. The molecule has 0 atom stereocenters.